The zero-order valence-corrected chi connectivity index (χ0v) is 10.0. The Morgan fingerprint density at radius 2 is 1.94 bits per heavy atom. The van der Waals surface area contributed by atoms with E-state index < -0.39 is 0 Å². The highest BCUT2D eigenvalue weighted by atomic mass is 35.5. The Balaban J connectivity index is 2.43. The summed E-state index contributed by atoms with van der Waals surface area (Å²) in [5, 5.41) is 9.41. The number of benzene rings is 2. The number of aldehydes is 1. The van der Waals surface area contributed by atoms with Crippen molar-refractivity contribution in [3.63, 3.8) is 0 Å². The van der Waals surface area contributed by atoms with Gasteiger partial charge in [0.2, 0.25) is 0 Å². The Kier molecular flexibility index (Phi) is 3.61. The van der Waals surface area contributed by atoms with Crippen molar-refractivity contribution < 1.29 is 9.53 Å². The first kappa shape index (κ1) is 12.2. The van der Waals surface area contributed by atoms with E-state index in [0.29, 0.717) is 33.9 Å². The molecule has 4 heteroatoms. The fourth-order valence-electron chi connectivity index (χ4n) is 1.46. The van der Waals surface area contributed by atoms with Gasteiger partial charge in [-0.3, -0.25) is 4.79 Å². The second-order valence-electron chi connectivity index (χ2n) is 3.51. The highest BCUT2D eigenvalue weighted by Crippen LogP contribution is 2.29. The molecule has 2 rings (SSSR count). The fourth-order valence-corrected chi connectivity index (χ4v) is 1.62. The van der Waals surface area contributed by atoms with Gasteiger partial charge in [-0.15, -0.1) is 0 Å². The van der Waals surface area contributed by atoms with Gasteiger partial charge in [0, 0.05) is 11.1 Å². The Labute approximate surface area is 109 Å². The Morgan fingerprint density at radius 1 is 1.17 bits per heavy atom. The second kappa shape index (κ2) is 5.35. The van der Waals surface area contributed by atoms with Crippen molar-refractivity contribution >= 4 is 17.9 Å². The van der Waals surface area contributed by atoms with E-state index in [1.54, 1.807) is 42.5 Å². The first-order valence-electron chi connectivity index (χ1n) is 5.16. The molecule has 88 valence electrons. The van der Waals surface area contributed by atoms with Crippen LogP contribution in [0.1, 0.15) is 15.9 Å². The molecule has 0 aliphatic heterocycles. The first-order chi connectivity index (χ1) is 8.74. The number of halogens is 1. The lowest BCUT2D eigenvalue weighted by atomic mass is 10.2. The number of nitrogens with zero attached hydrogens (tertiary/aromatic N) is 1. The third kappa shape index (κ3) is 2.50. The van der Waals surface area contributed by atoms with Crippen molar-refractivity contribution in [2.24, 2.45) is 0 Å². The van der Waals surface area contributed by atoms with E-state index in [9.17, 15) is 4.79 Å². The van der Waals surface area contributed by atoms with Crippen LogP contribution in [0.3, 0.4) is 0 Å². The standard InChI is InChI=1S/C14H8ClNO2/c15-12-6-5-11(9-17)14(7-12)18-13-4-2-1-3-10(13)8-16/h1-7,9H. The molecule has 3 nitrogen and oxygen atoms in total. The van der Waals surface area contributed by atoms with Crippen LogP contribution in [0.5, 0.6) is 11.5 Å². The number of nitriles is 1. The minimum absolute atomic E-state index is 0.334. The number of hydrogen-bond donors (Lipinski definition) is 0. The van der Waals surface area contributed by atoms with Gasteiger partial charge >= 0.3 is 0 Å². The van der Waals surface area contributed by atoms with Crippen LogP contribution in [0.15, 0.2) is 42.5 Å². The fraction of sp³-hybridized carbons (Fsp3) is 0. The van der Waals surface area contributed by atoms with Gasteiger partial charge in [0.15, 0.2) is 6.29 Å². The van der Waals surface area contributed by atoms with Crippen LogP contribution in [-0.2, 0) is 0 Å². The quantitative estimate of drug-likeness (QED) is 0.786. The summed E-state index contributed by atoms with van der Waals surface area (Å²) < 4.78 is 5.57. The summed E-state index contributed by atoms with van der Waals surface area (Å²) in [7, 11) is 0. The molecule has 0 saturated carbocycles. The van der Waals surface area contributed by atoms with Crippen LogP contribution < -0.4 is 4.74 Å². The zero-order valence-electron chi connectivity index (χ0n) is 9.26. The maximum Gasteiger partial charge on any atom is 0.153 e. The maximum atomic E-state index is 10.9. The van der Waals surface area contributed by atoms with Gasteiger partial charge in [-0.25, -0.2) is 0 Å². The molecule has 0 unspecified atom stereocenters. The van der Waals surface area contributed by atoms with E-state index >= 15 is 0 Å². The minimum Gasteiger partial charge on any atom is -0.455 e. The van der Waals surface area contributed by atoms with Crippen molar-refractivity contribution in [3.8, 4) is 17.6 Å². The van der Waals surface area contributed by atoms with E-state index in [0.717, 1.165) is 0 Å². The van der Waals surface area contributed by atoms with Gasteiger partial charge in [0.1, 0.15) is 17.6 Å². The molecule has 0 heterocycles. The van der Waals surface area contributed by atoms with Crippen molar-refractivity contribution in [1.29, 1.82) is 5.26 Å². The van der Waals surface area contributed by atoms with Gasteiger partial charge in [-0.2, -0.15) is 5.26 Å². The van der Waals surface area contributed by atoms with Gasteiger partial charge in [0.25, 0.3) is 0 Å². The molecular weight excluding hydrogens is 250 g/mol. The monoisotopic (exact) mass is 257 g/mol. The average Bonchev–Trinajstić information content (AvgIpc) is 2.40. The summed E-state index contributed by atoms with van der Waals surface area (Å²) >= 11 is 5.85. The van der Waals surface area contributed by atoms with Gasteiger partial charge in [-0.1, -0.05) is 23.7 Å². The summed E-state index contributed by atoms with van der Waals surface area (Å²) in [5.41, 5.74) is 0.779. The molecule has 0 atom stereocenters. The number of para-hydroxylation sites is 1. The summed E-state index contributed by atoms with van der Waals surface area (Å²) in [6.07, 6.45) is 0.681. The predicted octanol–water partition coefficient (Wildman–Crippen LogP) is 3.82. The van der Waals surface area contributed by atoms with Gasteiger partial charge in [-0.05, 0) is 24.3 Å². The van der Waals surface area contributed by atoms with E-state index in [4.69, 9.17) is 21.6 Å². The molecule has 0 aliphatic rings. The van der Waals surface area contributed by atoms with Crippen LogP contribution >= 0.6 is 11.6 Å². The summed E-state index contributed by atoms with van der Waals surface area (Å²) in [4.78, 5) is 10.9. The molecule has 0 saturated heterocycles. The SMILES string of the molecule is N#Cc1ccccc1Oc1cc(Cl)ccc1C=O. The minimum atomic E-state index is 0.334. The normalized spacial score (nSPS) is 9.56. The van der Waals surface area contributed by atoms with E-state index in [-0.39, 0.29) is 0 Å². The highest BCUT2D eigenvalue weighted by molar-refractivity contribution is 6.30. The summed E-state index contributed by atoms with van der Waals surface area (Å²) in [5.74, 6) is 0.727. The van der Waals surface area contributed by atoms with Crippen LogP contribution in [0.25, 0.3) is 0 Å². The van der Waals surface area contributed by atoms with Gasteiger partial charge in [0.05, 0.1) is 11.1 Å². The number of hydrogen-bond acceptors (Lipinski definition) is 3. The second-order valence-corrected chi connectivity index (χ2v) is 3.95. The Bertz CT molecular complexity index is 632. The lowest BCUT2D eigenvalue weighted by Gasteiger charge is -2.09. The van der Waals surface area contributed by atoms with Crippen molar-refractivity contribution in [1.82, 2.24) is 0 Å². The van der Waals surface area contributed by atoms with Gasteiger partial charge < -0.3 is 4.74 Å². The summed E-state index contributed by atoms with van der Waals surface area (Å²) in [6, 6.07) is 13.5. The highest BCUT2D eigenvalue weighted by Gasteiger charge is 2.08. The molecule has 0 radical (unpaired) electrons. The predicted molar refractivity (Wildman–Crippen MR) is 68.1 cm³/mol. The molecule has 2 aromatic carbocycles. The smallest absolute Gasteiger partial charge is 0.153 e. The molecule has 0 fully saturated rings. The van der Waals surface area contributed by atoms with E-state index in [2.05, 4.69) is 0 Å². The topological polar surface area (TPSA) is 50.1 Å². The zero-order chi connectivity index (χ0) is 13.0. The molecule has 0 bridgehead atoms. The molecule has 0 N–H and O–H groups in total. The number of carbonyl (C=O) groups is 1. The first-order valence-corrected chi connectivity index (χ1v) is 5.54. The molecule has 0 amide bonds. The summed E-state index contributed by atoms with van der Waals surface area (Å²) in [6.45, 7) is 0. The Morgan fingerprint density at radius 3 is 2.67 bits per heavy atom. The van der Waals surface area contributed by atoms with Crippen LogP contribution in [0, 0.1) is 11.3 Å². The van der Waals surface area contributed by atoms with Crippen LogP contribution in [0.4, 0.5) is 0 Å². The molecule has 2 aromatic rings. The van der Waals surface area contributed by atoms with E-state index in [1.165, 1.54) is 0 Å². The van der Waals surface area contributed by atoms with Crippen molar-refractivity contribution in [3.05, 3.63) is 58.6 Å². The van der Waals surface area contributed by atoms with Crippen molar-refractivity contribution in [2.45, 2.75) is 0 Å². The molecule has 0 spiro atoms. The molecule has 0 aromatic heterocycles. The van der Waals surface area contributed by atoms with Crippen LogP contribution in [-0.4, -0.2) is 6.29 Å². The molecule has 18 heavy (non-hydrogen) atoms. The van der Waals surface area contributed by atoms with Crippen molar-refractivity contribution in [2.75, 3.05) is 0 Å². The maximum absolute atomic E-state index is 10.9. The third-order valence-corrected chi connectivity index (χ3v) is 2.57. The lowest BCUT2D eigenvalue weighted by Crippen LogP contribution is -1.92. The number of rotatable bonds is 3. The lowest BCUT2D eigenvalue weighted by molar-refractivity contribution is 0.112. The largest absolute Gasteiger partial charge is 0.455 e. The number of carbonyl (C=O) groups excluding carboxylic acids is 1. The Hall–Kier alpha value is -2.31. The number of ether oxygens (including phenoxy) is 1. The van der Waals surface area contributed by atoms with E-state index in [1.807, 2.05) is 6.07 Å². The third-order valence-electron chi connectivity index (χ3n) is 2.33. The van der Waals surface area contributed by atoms with Crippen LogP contribution in [0.2, 0.25) is 5.02 Å². The average molecular weight is 258 g/mol. The molecular formula is C14H8ClNO2. The molecule has 0 aliphatic carbocycles.